The Morgan fingerprint density at radius 1 is 1.17 bits per heavy atom. The fourth-order valence-corrected chi connectivity index (χ4v) is 7.76. The number of halogens is 4. The molecule has 2 atom stereocenters. The third kappa shape index (κ3) is 7.83. The van der Waals surface area contributed by atoms with E-state index in [1.165, 1.54) is 12.1 Å². The van der Waals surface area contributed by atoms with Crippen LogP contribution in [0.15, 0.2) is 41.3 Å². The number of nitrogens with one attached hydrogen (secondary N) is 2. The number of likely N-dealkylation sites (tertiary alicyclic amines) is 1. The van der Waals surface area contributed by atoms with E-state index in [9.17, 15) is 30.5 Å². The monoisotopic (exact) mass is 629 g/mol. The molecule has 0 radical (unpaired) electrons. The van der Waals surface area contributed by atoms with Crippen molar-refractivity contribution in [3.05, 3.63) is 46.8 Å². The van der Waals surface area contributed by atoms with Crippen LogP contribution in [-0.4, -0.2) is 78.0 Å². The molecule has 0 aliphatic carbocycles. The lowest BCUT2D eigenvalue weighted by Gasteiger charge is -2.33. The quantitative estimate of drug-likeness (QED) is 0.202. The SMILES string of the molecule is CN1CC[C@@H](Nc2cccc3c(CC(F)(F)F)c(C#CCNc4ccc(P(C)(C)=O)cc4S(C)(=O)=O)sc23)[C@@H](F)C1. The topological polar surface area (TPSA) is 78.5 Å². The third-order valence-corrected chi connectivity index (χ3v) is 10.7. The number of anilines is 2. The summed E-state index contributed by atoms with van der Waals surface area (Å²) in [6.45, 7) is 4.03. The summed E-state index contributed by atoms with van der Waals surface area (Å²) in [4.78, 5) is 2.11. The molecule has 13 heteroatoms. The lowest BCUT2D eigenvalue weighted by atomic mass is 10.0. The summed E-state index contributed by atoms with van der Waals surface area (Å²) in [5, 5.41) is 6.97. The normalized spacial score (nSPS) is 18.6. The number of nitrogens with zero attached hydrogens (tertiary/aromatic N) is 1. The number of thiophene rings is 1. The zero-order valence-corrected chi connectivity index (χ0v) is 25.6. The Labute approximate surface area is 241 Å². The molecule has 41 heavy (non-hydrogen) atoms. The van der Waals surface area contributed by atoms with Crippen molar-refractivity contribution in [1.29, 1.82) is 0 Å². The Morgan fingerprint density at radius 3 is 2.54 bits per heavy atom. The number of sulfone groups is 1. The standard InChI is InChI=1S/C28H32F4N3O3PS2/c1-35-14-12-22(21(29)17-35)34-24-8-5-7-19-20(16-28(30,31)32)25(40-27(19)24)9-6-13-33-23-11-10-18(39(2,3)36)15-26(23)41(4,37)38/h5,7-8,10-11,15,21-22,33-34H,12-14,16-17H2,1-4H3/t21-,22+/m0/s1. The highest BCUT2D eigenvalue weighted by atomic mass is 32.2. The largest absolute Gasteiger partial charge is 0.393 e. The van der Waals surface area contributed by atoms with E-state index in [0.29, 0.717) is 34.0 Å². The van der Waals surface area contributed by atoms with Crippen molar-refractivity contribution in [2.75, 3.05) is 56.9 Å². The van der Waals surface area contributed by atoms with Crippen molar-refractivity contribution in [3.63, 3.8) is 0 Å². The van der Waals surface area contributed by atoms with Crippen molar-refractivity contribution in [2.24, 2.45) is 0 Å². The van der Waals surface area contributed by atoms with Gasteiger partial charge in [-0.25, -0.2) is 12.8 Å². The van der Waals surface area contributed by atoms with E-state index in [-0.39, 0.29) is 34.1 Å². The molecule has 1 aromatic heterocycles. The van der Waals surface area contributed by atoms with Crippen LogP contribution < -0.4 is 15.9 Å². The smallest absolute Gasteiger partial charge is 0.378 e. The van der Waals surface area contributed by atoms with Crippen molar-refractivity contribution in [2.45, 2.75) is 36.1 Å². The van der Waals surface area contributed by atoms with E-state index in [1.807, 2.05) is 11.9 Å². The van der Waals surface area contributed by atoms with E-state index in [2.05, 4.69) is 22.5 Å². The molecule has 4 rings (SSSR count). The first-order valence-corrected chi connectivity index (χ1v) is 18.2. The summed E-state index contributed by atoms with van der Waals surface area (Å²) in [5.41, 5.74) is 0.884. The summed E-state index contributed by atoms with van der Waals surface area (Å²) in [6.07, 6.45) is -5.13. The number of hydrogen-bond acceptors (Lipinski definition) is 7. The molecule has 6 nitrogen and oxygen atoms in total. The van der Waals surface area contributed by atoms with E-state index in [0.717, 1.165) is 17.6 Å². The molecule has 0 amide bonds. The number of fused-ring (bicyclic) bond motifs is 1. The van der Waals surface area contributed by atoms with Crippen molar-refractivity contribution in [1.82, 2.24) is 4.90 Å². The Bertz CT molecular complexity index is 1660. The highest BCUT2D eigenvalue weighted by molar-refractivity contribution is 7.91. The van der Waals surface area contributed by atoms with Crippen LogP contribution in [0.3, 0.4) is 0 Å². The van der Waals surface area contributed by atoms with Crippen LogP contribution in [0, 0.1) is 11.8 Å². The first-order chi connectivity index (χ1) is 19.0. The van der Waals surface area contributed by atoms with Gasteiger partial charge in [-0.3, -0.25) is 0 Å². The number of rotatable bonds is 7. The van der Waals surface area contributed by atoms with Gasteiger partial charge in [0, 0.05) is 24.6 Å². The van der Waals surface area contributed by atoms with Crippen LogP contribution in [0.25, 0.3) is 10.1 Å². The molecule has 2 heterocycles. The van der Waals surface area contributed by atoms with E-state index < -0.39 is 41.8 Å². The van der Waals surface area contributed by atoms with Gasteiger partial charge in [0.1, 0.15) is 13.3 Å². The van der Waals surface area contributed by atoms with Gasteiger partial charge in [-0.05, 0) is 62.0 Å². The van der Waals surface area contributed by atoms with Crippen LogP contribution in [-0.2, 0) is 20.8 Å². The highest BCUT2D eigenvalue weighted by Gasteiger charge is 2.32. The summed E-state index contributed by atoms with van der Waals surface area (Å²) >= 11 is 1.12. The van der Waals surface area contributed by atoms with Crippen molar-refractivity contribution in [3.8, 4) is 11.8 Å². The van der Waals surface area contributed by atoms with Crippen LogP contribution in [0.1, 0.15) is 16.9 Å². The maximum atomic E-state index is 14.7. The summed E-state index contributed by atoms with van der Waals surface area (Å²) in [5.74, 6) is 5.66. The van der Waals surface area contributed by atoms with Gasteiger partial charge in [-0.2, -0.15) is 13.2 Å². The maximum absolute atomic E-state index is 14.7. The van der Waals surface area contributed by atoms with Crippen molar-refractivity contribution >= 4 is 55.1 Å². The Morgan fingerprint density at radius 2 is 1.90 bits per heavy atom. The number of benzene rings is 2. The van der Waals surface area contributed by atoms with Gasteiger partial charge in [0.05, 0.1) is 44.9 Å². The molecule has 2 aromatic carbocycles. The number of alkyl halides is 4. The van der Waals surface area contributed by atoms with Gasteiger partial charge in [0.2, 0.25) is 0 Å². The lowest BCUT2D eigenvalue weighted by Crippen LogP contribution is -2.46. The second-order valence-corrected chi connectivity index (χ2v) is 16.9. The highest BCUT2D eigenvalue weighted by Crippen LogP contribution is 2.40. The van der Waals surface area contributed by atoms with Gasteiger partial charge in [0.15, 0.2) is 9.84 Å². The number of hydrogen-bond donors (Lipinski definition) is 2. The summed E-state index contributed by atoms with van der Waals surface area (Å²) in [7, 11) is -4.53. The van der Waals surface area contributed by atoms with Gasteiger partial charge in [-0.15, -0.1) is 11.3 Å². The summed E-state index contributed by atoms with van der Waals surface area (Å²) in [6, 6.07) is 9.03. The Balaban J connectivity index is 1.64. The molecule has 222 valence electrons. The lowest BCUT2D eigenvalue weighted by molar-refractivity contribution is -0.126. The molecular weight excluding hydrogens is 597 g/mol. The van der Waals surface area contributed by atoms with Crippen molar-refractivity contribution < 1.29 is 30.5 Å². The van der Waals surface area contributed by atoms with Gasteiger partial charge in [0.25, 0.3) is 0 Å². The van der Waals surface area contributed by atoms with Gasteiger partial charge < -0.3 is 20.1 Å². The first-order valence-electron chi connectivity index (χ1n) is 12.9. The second-order valence-electron chi connectivity index (χ2n) is 10.7. The molecule has 0 saturated carbocycles. The minimum Gasteiger partial charge on any atom is -0.378 e. The molecule has 0 spiro atoms. The minimum absolute atomic E-state index is 0.0314. The van der Waals surface area contributed by atoms with Gasteiger partial charge >= 0.3 is 6.18 Å². The zero-order valence-electron chi connectivity index (χ0n) is 23.1. The fourth-order valence-electron chi connectivity index (χ4n) is 4.74. The van der Waals surface area contributed by atoms with E-state index in [1.54, 1.807) is 37.6 Å². The van der Waals surface area contributed by atoms with Crippen LogP contribution in [0.5, 0.6) is 0 Å². The Hall–Kier alpha value is -2.58. The van der Waals surface area contributed by atoms with E-state index >= 15 is 0 Å². The predicted octanol–water partition coefficient (Wildman–Crippen LogP) is 5.58. The zero-order chi connectivity index (χ0) is 30.2. The van der Waals surface area contributed by atoms with Crippen LogP contribution >= 0.6 is 18.5 Å². The average Bonchev–Trinajstić information content (AvgIpc) is 3.19. The molecule has 0 bridgehead atoms. The molecule has 1 saturated heterocycles. The molecule has 2 N–H and O–H groups in total. The third-order valence-electron chi connectivity index (χ3n) is 6.84. The van der Waals surface area contributed by atoms with Crippen LogP contribution in [0.4, 0.5) is 28.9 Å². The van der Waals surface area contributed by atoms with Crippen LogP contribution in [0.2, 0.25) is 0 Å². The second kappa shape index (κ2) is 12.0. The maximum Gasteiger partial charge on any atom is 0.393 e. The molecule has 1 aliphatic rings. The number of piperidine rings is 1. The van der Waals surface area contributed by atoms with Gasteiger partial charge in [-0.1, -0.05) is 24.0 Å². The molecule has 1 fully saturated rings. The average molecular weight is 630 g/mol. The first kappa shape index (κ1) is 31.4. The Kier molecular flexibility index (Phi) is 9.15. The molecule has 0 unspecified atom stereocenters. The summed E-state index contributed by atoms with van der Waals surface area (Å²) < 4.78 is 93.2. The minimum atomic E-state index is -4.46. The fraction of sp³-hybridized carbons (Fsp3) is 0.429. The molecule has 3 aromatic rings. The van der Waals surface area contributed by atoms with E-state index in [4.69, 9.17) is 0 Å². The molecular formula is C28H32F4N3O3PS2. The predicted molar refractivity (Wildman–Crippen MR) is 160 cm³/mol. The molecule has 1 aliphatic heterocycles.